The number of hydrogen-bond donors (Lipinski definition) is 2. The Morgan fingerprint density at radius 1 is 1.55 bits per heavy atom. The summed E-state index contributed by atoms with van der Waals surface area (Å²) in [7, 11) is 0. The van der Waals surface area contributed by atoms with Gasteiger partial charge in [0.1, 0.15) is 6.10 Å². The average molecular weight is 158 g/mol. The van der Waals surface area contributed by atoms with E-state index in [1.165, 1.54) is 0 Å². The van der Waals surface area contributed by atoms with Crippen molar-refractivity contribution >= 4 is 0 Å². The van der Waals surface area contributed by atoms with Crippen molar-refractivity contribution in [2.24, 2.45) is 0 Å². The van der Waals surface area contributed by atoms with Crippen LogP contribution in [0.2, 0.25) is 0 Å². The first kappa shape index (κ1) is 8.71. The average Bonchev–Trinajstić information content (AvgIpc) is 2.03. The monoisotopic (exact) mass is 158 g/mol. The third-order valence-corrected chi connectivity index (χ3v) is 1.74. The maximum absolute atomic E-state index is 9.34. The highest BCUT2D eigenvalue weighted by Crippen LogP contribution is 2.13. The van der Waals surface area contributed by atoms with Crippen LogP contribution < -0.4 is 0 Å². The minimum absolute atomic E-state index is 0.0110. The van der Waals surface area contributed by atoms with Crippen molar-refractivity contribution in [2.75, 3.05) is 13.2 Å². The predicted octanol–water partition coefficient (Wildman–Crippen LogP) is 0.0748. The molecule has 64 valence electrons. The van der Waals surface area contributed by atoms with E-state index in [0.29, 0.717) is 6.61 Å². The van der Waals surface area contributed by atoms with E-state index in [2.05, 4.69) is 0 Å². The molecule has 0 heterocycles. The summed E-state index contributed by atoms with van der Waals surface area (Å²) in [6.45, 7) is 0.309. The van der Waals surface area contributed by atoms with Crippen LogP contribution in [0.1, 0.15) is 12.8 Å². The molecule has 0 aromatic heterocycles. The molecule has 2 atom stereocenters. The van der Waals surface area contributed by atoms with Crippen molar-refractivity contribution in [2.45, 2.75) is 25.0 Å². The SMILES string of the molecule is OCCO[C@@H]1C=CCC[C@@H]1O. The van der Waals surface area contributed by atoms with Gasteiger partial charge in [-0.3, -0.25) is 0 Å². The van der Waals surface area contributed by atoms with Gasteiger partial charge in [-0.1, -0.05) is 12.2 Å². The van der Waals surface area contributed by atoms with Crippen molar-refractivity contribution in [3.05, 3.63) is 12.2 Å². The van der Waals surface area contributed by atoms with Gasteiger partial charge in [0.25, 0.3) is 0 Å². The van der Waals surface area contributed by atoms with E-state index in [1.54, 1.807) is 0 Å². The van der Waals surface area contributed by atoms with Crippen molar-refractivity contribution in [3.63, 3.8) is 0 Å². The molecule has 0 aromatic rings. The molecule has 0 radical (unpaired) electrons. The third-order valence-electron chi connectivity index (χ3n) is 1.74. The van der Waals surface area contributed by atoms with Gasteiger partial charge in [0.05, 0.1) is 19.3 Å². The smallest absolute Gasteiger partial charge is 0.102 e. The molecular weight excluding hydrogens is 144 g/mol. The van der Waals surface area contributed by atoms with Gasteiger partial charge in [0, 0.05) is 0 Å². The Morgan fingerprint density at radius 2 is 2.36 bits per heavy atom. The van der Waals surface area contributed by atoms with Gasteiger partial charge in [-0.15, -0.1) is 0 Å². The zero-order chi connectivity index (χ0) is 8.10. The molecule has 1 aliphatic rings. The van der Waals surface area contributed by atoms with Crippen molar-refractivity contribution < 1.29 is 14.9 Å². The Bertz CT molecular complexity index is 133. The largest absolute Gasteiger partial charge is 0.394 e. The normalized spacial score (nSPS) is 30.7. The van der Waals surface area contributed by atoms with E-state index in [0.717, 1.165) is 12.8 Å². The summed E-state index contributed by atoms with van der Waals surface area (Å²) in [6.07, 6.45) is 4.91. The second kappa shape index (κ2) is 4.49. The van der Waals surface area contributed by atoms with E-state index in [9.17, 15) is 5.11 Å². The molecule has 11 heavy (non-hydrogen) atoms. The number of ether oxygens (including phenoxy) is 1. The first-order valence-electron chi connectivity index (χ1n) is 3.92. The molecular formula is C8H14O3. The second-order valence-corrected chi connectivity index (χ2v) is 2.63. The molecule has 0 spiro atoms. The Balaban J connectivity index is 2.29. The molecule has 0 amide bonds. The molecule has 0 aromatic carbocycles. The summed E-state index contributed by atoms with van der Waals surface area (Å²) in [6, 6.07) is 0. The summed E-state index contributed by atoms with van der Waals surface area (Å²) < 4.78 is 5.16. The molecule has 0 saturated carbocycles. The minimum atomic E-state index is -0.397. The summed E-state index contributed by atoms with van der Waals surface area (Å²) in [4.78, 5) is 0. The lowest BCUT2D eigenvalue weighted by atomic mass is 10.0. The Hall–Kier alpha value is -0.380. The van der Waals surface area contributed by atoms with Gasteiger partial charge in [-0.25, -0.2) is 0 Å². The minimum Gasteiger partial charge on any atom is -0.394 e. The first-order valence-corrected chi connectivity index (χ1v) is 3.92. The molecule has 3 heteroatoms. The zero-order valence-corrected chi connectivity index (χ0v) is 6.44. The molecule has 0 unspecified atom stereocenters. The van der Waals surface area contributed by atoms with Crippen LogP contribution in [0.3, 0.4) is 0 Å². The fourth-order valence-corrected chi connectivity index (χ4v) is 1.15. The van der Waals surface area contributed by atoms with E-state index >= 15 is 0 Å². The molecule has 1 aliphatic carbocycles. The predicted molar refractivity (Wildman–Crippen MR) is 41.2 cm³/mol. The summed E-state index contributed by atoms with van der Waals surface area (Å²) in [5, 5.41) is 17.8. The maximum Gasteiger partial charge on any atom is 0.102 e. The highest BCUT2D eigenvalue weighted by atomic mass is 16.5. The number of allylic oxidation sites excluding steroid dienone is 1. The van der Waals surface area contributed by atoms with Crippen molar-refractivity contribution in [3.8, 4) is 0 Å². The first-order chi connectivity index (χ1) is 5.34. The van der Waals surface area contributed by atoms with Crippen LogP contribution >= 0.6 is 0 Å². The maximum atomic E-state index is 9.34. The lowest BCUT2D eigenvalue weighted by molar-refractivity contribution is -0.0278. The van der Waals surface area contributed by atoms with Crippen molar-refractivity contribution in [1.29, 1.82) is 0 Å². The van der Waals surface area contributed by atoms with Crippen LogP contribution in [0, 0.1) is 0 Å². The standard InChI is InChI=1S/C8H14O3/c9-5-6-11-8-4-2-1-3-7(8)10/h2,4,7-10H,1,3,5-6H2/t7-,8+/m0/s1. The van der Waals surface area contributed by atoms with Gasteiger partial charge >= 0.3 is 0 Å². The van der Waals surface area contributed by atoms with Crippen LogP contribution in [-0.2, 0) is 4.74 Å². The van der Waals surface area contributed by atoms with Crippen molar-refractivity contribution in [1.82, 2.24) is 0 Å². The number of aliphatic hydroxyl groups excluding tert-OH is 2. The summed E-state index contributed by atoms with van der Waals surface area (Å²) in [5.41, 5.74) is 0. The van der Waals surface area contributed by atoms with Crippen LogP contribution in [0.4, 0.5) is 0 Å². The summed E-state index contributed by atoms with van der Waals surface area (Å²) >= 11 is 0. The fourth-order valence-electron chi connectivity index (χ4n) is 1.15. The van der Waals surface area contributed by atoms with Gasteiger partial charge in [0.15, 0.2) is 0 Å². The summed E-state index contributed by atoms with van der Waals surface area (Å²) in [5.74, 6) is 0. The van der Waals surface area contributed by atoms with Gasteiger partial charge < -0.3 is 14.9 Å². The Labute approximate surface area is 66.3 Å². The highest BCUT2D eigenvalue weighted by Gasteiger charge is 2.18. The number of hydrogen-bond acceptors (Lipinski definition) is 3. The van der Waals surface area contributed by atoms with Crippen LogP contribution in [0.5, 0.6) is 0 Å². The van der Waals surface area contributed by atoms with Crippen LogP contribution in [0.25, 0.3) is 0 Å². The molecule has 1 rings (SSSR count). The molecule has 0 fully saturated rings. The van der Waals surface area contributed by atoms with Crippen LogP contribution in [-0.4, -0.2) is 35.6 Å². The van der Waals surface area contributed by atoms with E-state index in [1.807, 2.05) is 12.2 Å². The van der Waals surface area contributed by atoms with Crippen LogP contribution in [0.15, 0.2) is 12.2 Å². The van der Waals surface area contributed by atoms with Gasteiger partial charge in [-0.05, 0) is 12.8 Å². The zero-order valence-electron chi connectivity index (χ0n) is 6.44. The molecule has 0 aliphatic heterocycles. The molecule has 0 saturated heterocycles. The van der Waals surface area contributed by atoms with E-state index in [4.69, 9.17) is 9.84 Å². The lowest BCUT2D eigenvalue weighted by Crippen LogP contribution is -2.30. The molecule has 3 nitrogen and oxygen atoms in total. The Kier molecular flexibility index (Phi) is 3.56. The molecule has 2 N–H and O–H groups in total. The topological polar surface area (TPSA) is 49.7 Å². The third kappa shape index (κ3) is 2.61. The van der Waals surface area contributed by atoms with Gasteiger partial charge in [-0.2, -0.15) is 0 Å². The quantitative estimate of drug-likeness (QED) is 0.572. The van der Waals surface area contributed by atoms with E-state index in [-0.39, 0.29) is 12.7 Å². The fraction of sp³-hybridized carbons (Fsp3) is 0.750. The lowest BCUT2D eigenvalue weighted by Gasteiger charge is -2.22. The molecule has 0 bridgehead atoms. The highest BCUT2D eigenvalue weighted by molar-refractivity contribution is 4.98. The second-order valence-electron chi connectivity index (χ2n) is 2.63. The Morgan fingerprint density at radius 3 is 3.00 bits per heavy atom. The van der Waals surface area contributed by atoms with E-state index < -0.39 is 6.10 Å². The number of rotatable bonds is 3. The van der Waals surface area contributed by atoms with Gasteiger partial charge in [0.2, 0.25) is 0 Å². The number of aliphatic hydroxyl groups is 2.